The fraction of sp³-hybridized carbons (Fsp3) is 0.125. The maximum atomic E-state index is 11.0. The summed E-state index contributed by atoms with van der Waals surface area (Å²) in [5.41, 5.74) is 7.38. The molecule has 4 heteroatoms. The number of hydrogen-bond donors (Lipinski definition) is 2. The summed E-state index contributed by atoms with van der Waals surface area (Å²) in [4.78, 5) is 13.6. The van der Waals surface area contributed by atoms with Crippen LogP contribution in [0, 0.1) is 0 Å². The van der Waals surface area contributed by atoms with Gasteiger partial charge in [0.15, 0.2) is 5.58 Å². The third-order valence-electron chi connectivity index (χ3n) is 1.74. The van der Waals surface area contributed by atoms with Crippen molar-refractivity contribution in [1.82, 2.24) is 4.98 Å². The Bertz CT molecular complexity index is 455. The number of aromatic amines is 1. The molecule has 2 rings (SSSR count). The van der Waals surface area contributed by atoms with E-state index in [4.69, 9.17) is 10.2 Å². The highest BCUT2D eigenvalue weighted by atomic mass is 16.3. The number of rotatable bonds is 1. The molecule has 0 aliphatic heterocycles. The second-order valence-corrected chi connectivity index (χ2v) is 2.53. The topological polar surface area (TPSA) is 72.0 Å². The highest BCUT2D eigenvalue weighted by molar-refractivity contribution is 5.75. The van der Waals surface area contributed by atoms with E-state index in [0.717, 1.165) is 5.56 Å². The molecule has 0 aliphatic rings. The fourth-order valence-electron chi connectivity index (χ4n) is 1.20. The number of H-pyrrole nitrogens is 1. The Labute approximate surface area is 68.0 Å². The van der Waals surface area contributed by atoms with E-state index < -0.39 is 0 Å². The van der Waals surface area contributed by atoms with E-state index in [2.05, 4.69) is 4.98 Å². The molecule has 0 atom stereocenters. The van der Waals surface area contributed by atoms with E-state index in [-0.39, 0.29) is 5.56 Å². The second-order valence-electron chi connectivity index (χ2n) is 2.53. The average Bonchev–Trinajstić information content (AvgIpc) is 2.50. The van der Waals surface area contributed by atoms with Gasteiger partial charge in [-0.2, -0.15) is 0 Å². The van der Waals surface area contributed by atoms with Gasteiger partial charge >= 0.3 is 0 Å². The van der Waals surface area contributed by atoms with Crippen LogP contribution in [0.2, 0.25) is 0 Å². The van der Waals surface area contributed by atoms with E-state index in [0.29, 0.717) is 17.6 Å². The first-order chi connectivity index (χ1) is 5.81. The van der Waals surface area contributed by atoms with Crippen molar-refractivity contribution in [2.75, 3.05) is 0 Å². The number of fused-ring (bicyclic) bond motifs is 1. The highest BCUT2D eigenvalue weighted by Gasteiger charge is 2.03. The normalized spacial score (nSPS) is 10.8. The van der Waals surface area contributed by atoms with Gasteiger partial charge in [0.1, 0.15) is 0 Å². The molecule has 62 valence electrons. The molecule has 0 aliphatic carbocycles. The highest BCUT2D eigenvalue weighted by Crippen LogP contribution is 2.14. The molecule has 0 fully saturated rings. The summed E-state index contributed by atoms with van der Waals surface area (Å²) < 4.78 is 5.14. The molecular weight excluding hydrogens is 156 g/mol. The Morgan fingerprint density at radius 3 is 3.17 bits per heavy atom. The van der Waals surface area contributed by atoms with Crippen LogP contribution in [0.15, 0.2) is 27.6 Å². The van der Waals surface area contributed by atoms with Gasteiger partial charge in [-0.15, -0.1) is 0 Å². The average molecular weight is 164 g/mol. The van der Waals surface area contributed by atoms with Gasteiger partial charge in [0.2, 0.25) is 5.56 Å². The van der Waals surface area contributed by atoms with Gasteiger partial charge in [0, 0.05) is 24.2 Å². The van der Waals surface area contributed by atoms with Crippen molar-refractivity contribution in [2.24, 2.45) is 5.73 Å². The first-order valence-electron chi connectivity index (χ1n) is 3.61. The molecule has 0 radical (unpaired) electrons. The summed E-state index contributed by atoms with van der Waals surface area (Å²) in [6, 6.07) is 3.15. The molecule has 4 nitrogen and oxygen atoms in total. The van der Waals surface area contributed by atoms with Crippen LogP contribution in [0.5, 0.6) is 0 Å². The quantitative estimate of drug-likeness (QED) is 0.647. The van der Waals surface area contributed by atoms with E-state index in [1.54, 1.807) is 6.07 Å². The Hall–Kier alpha value is -1.55. The third kappa shape index (κ3) is 0.931. The summed E-state index contributed by atoms with van der Waals surface area (Å²) in [5, 5.41) is 0. The van der Waals surface area contributed by atoms with Gasteiger partial charge < -0.3 is 15.1 Å². The Kier molecular flexibility index (Phi) is 1.48. The van der Waals surface area contributed by atoms with Crippen molar-refractivity contribution >= 4 is 11.1 Å². The molecule has 0 amide bonds. The number of nitrogens with one attached hydrogen (secondary N) is 1. The summed E-state index contributed by atoms with van der Waals surface area (Å²) in [7, 11) is 0. The minimum atomic E-state index is -0.149. The predicted octanol–water partition coefficient (Wildman–Crippen LogP) is 0.580. The lowest BCUT2D eigenvalue weighted by Crippen LogP contribution is -2.08. The molecule has 3 N–H and O–H groups in total. The van der Waals surface area contributed by atoms with Gasteiger partial charge in [-0.1, -0.05) is 0 Å². The molecule has 0 bridgehead atoms. The van der Waals surface area contributed by atoms with Crippen molar-refractivity contribution < 1.29 is 4.42 Å². The molecule has 0 aromatic carbocycles. The molecular formula is C8H8N2O2. The van der Waals surface area contributed by atoms with Crippen LogP contribution in [0.25, 0.3) is 11.1 Å². The Balaban J connectivity index is 2.89. The van der Waals surface area contributed by atoms with E-state index in [1.165, 1.54) is 12.3 Å². The van der Waals surface area contributed by atoms with Crippen LogP contribution >= 0.6 is 0 Å². The standard InChI is InChI=1S/C8H8N2O2/c9-4-5-3-7(11)10-6-1-2-12-8(5)6/h1-3H,4,9H2,(H,10,11). The molecule has 2 aromatic rings. The van der Waals surface area contributed by atoms with E-state index in [1.807, 2.05) is 0 Å². The van der Waals surface area contributed by atoms with Crippen molar-refractivity contribution in [2.45, 2.75) is 6.54 Å². The van der Waals surface area contributed by atoms with Gasteiger partial charge in [0.05, 0.1) is 11.8 Å². The summed E-state index contributed by atoms with van der Waals surface area (Å²) >= 11 is 0. The van der Waals surface area contributed by atoms with Crippen LogP contribution in [-0.4, -0.2) is 4.98 Å². The van der Waals surface area contributed by atoms with E-state index in [9.17, 15) is 4.79 Å². The zero-order chi connectivity index (χ0) is 8.55. The van der Waals surface area contributed by atoms with Crippen LogP contribution in [0.3, 0.4) is 0 Å². The smallest absolute Gasteiger partial charge is 0.248 e. The first kappa shape index (κ1) is 7.12. The van der Waals surface area contributed by atoms with Crippen LogP contribution in [-0.2, 0) is 6.54 Å². The molecule has 0 spiro atoms. The van der Waals surface area contributed by atoms with Crippen LogP contribution in [0.1, 0.15) is 5.56 Å². The molecule has 0 saturated heterocycles. The van der Waals surface area contributed by atoms with Gasteiger partial charge in [-0.3, -0.25) is 4.79 Å². The zero-order valence-electron chi connectivity index (χ0n) is 6.33. The van der Waals surface area contributed by atoms with Crippen molar-refractivity contribution in [3.63, 3.8) is 0 Å². The summed E-state index contributed by atoms with van der Waals surface area (Å²) in [6.07, 6.45) is 1.53. The molecule has 0 saturated carbocycles. The van der Waals surface area contributed by atoms with Crippen LogP contribution in [0.4, 0.5) is 0 Å². The minimum absolute atomic E-state index is 0.149. The third-order valence-corrected chi connectivity index (χ3v) is 1.74. The van der Waals surface area contributed by atoms with Gasteiger partial charge in [-0.05, 0) is 0 Å². The second kappa shape index (κ2) is 2.49. The van der Waals surface area contributed by atoms with Crippen molar-refractivity contribution in [1.29, 1.82) is 0 Å². The first-order valence-corrected chi connectivity index (χ1v) is 3.61. The predicted molar refractivity (Wildman–Crippen MR) is 44.7 cm³/mol. The SMILES string of the molecule is NCc1cc(=O)[nH]c2ccoc12. The lowest BCUT2D eigenvalue weighted by Gasteiger charge is -1.95. The Morgan fingerprint density at radius 1 is 1.58 bits per heavy atom. The molecule has 2 aromatic heterocycles. The molecule has 12 heavy (non-hydrogen) atoms. The number of aromatic nitrogens is 1. The fourth-order valence-corrected chi connectivity index (χ4v) is 1.20. The monoisotopic (exact) mass is 164 g/mol. The molecule has 2 heterocycles. The minimum Gasteiger partial charge on any atom is -0.462 e. The van der Waals surface area contributed by atoms with Crippen LogP contribution < -0.4 is 11.3 Å². The number of hydrogen-bond acceptors (Lipinski definition) is 3. The lowest BCUT2D eigenvalue weighted by molar-refractivity contribution is 0.610. The maximum absolute atomic E-state index is 11.0. The lowest BCUT2D eigenvalue weighted by atomic mass is 10.2. The van der Waals surface area contributed by atoms with Gasteiger partial charge in [0.25, 0.3) is 0 Å². The van der Waals surface area contributed by atoms with Crippen molar-refractivity contribution in [3.8, 4) is 0 Å². The number of pyridine rings is 1. The Morgan fingerprint density at radius 2 is 2.42 bits per heavy atom. The molecule has 0 unspecified atom stereocenters. The van der Waals surface area contributed by atoms with Crippen molar-refractivity contribution in [3.05, 3.63) is 34.3 Å². The summed E-state index contributed by atoms with van der Waals surface area (Å²) in [6.45, 7) is 0.313. The number of furan rings is 1. The summed E-state index contributed by atoms with van der Waals surface area (Å²) in [5.74, 6) is 0. The maximum Gasteiger partial charge on any atom is 0.248 e. The number of nitrogens with two attached hydrogens (primary N) is 1. The van der Waals surface area contributed by atoms with E-state index >= 15 is 0 Å². The largest absolute Gasteiger partial charge is 0.462 e. The van der Waals surface area contributed by atoms with Gasteiger partial charge in [-0.25, -0.2) is 0 Å². The zero-order valence-corrected chi connectivity index (χ0v) is 6.33.